The molecule has 2 heteroatoms. The average Bonchev–Trinajstić information content (AvgIpc) is 2.31. The maximum absolute atomic E-state index is 5.61. The van der Waals surface area contributed by atoms with Crippen molar-refractivity contribution in [3.05, 3.63) is 35.9 Å². The van der Waals surface area contributed by atoms with Crippen molar-refractivity contribution in [2.45, 2.75) is 18.8 Å². The first-order valence-corrected chi connectivity index (χ1v) is 7.13. The van der Waals surface area contributed by atoms with Gasteiger partial charge in [0.25, 0.3) is 0 Å². The van der Waals surface area contributed by atoms with E-state index in [1.54, 1.807) is 0 Å². The average molecular weight is 316 g/mol. The van der Waals surface area contributed by atoms with Crippen LogP contribution in [0.15, 0.2) is 30.3 Å². The molecule has 1 saturated heterocycles. The van der Waals surface area contributed by atoms with Gasteiger partial charge in [0.2, 0.25) is 0 Å². The molecule has 1 aliphatic rings. The number of alkyl halides is 1. The summed E-state index contributed by atoms with van der Waals surface area (Å²) in [5.41, 5.74) is 1.45. The number of rotatable bonds is 3. The Bertz CT molecular complexity index is 284. The number of ether oxygens (including phenoxy) is 1. The molecule has 82 valence electrons. The molecule has 1 aliphatic heterocycles. The zero-order chi connectivity index (χ0) is 10.5. The van der Waals surface area contributed by atoms with Crippen LogP contribution in [-0.2, 0) is 4.74 Å². The fourth-order valence-electron chi connectivity index (χ4n) is 2.34. The van der Waals surface area contributed by atoms with Crippen LogP contribution in [0.5, 0.6) is 0 Å². The molecule has 2 rings (SSSR count). The van der Waals surface area contributed by atoms with E-state index in [9.17, 15) is 0 Å². The van der Waals surface area contributed by atoms with Crippen molar-refractivity contribution < 1.29 is 4.74 Å². The zero-order valence-corrected chi connectivity index (χ0v) is 11.0. The Balaban J connectivity index is 2.11. The van der Waals surface area contributed by atoms with E-state index in [-0.39, 0.29) is 0 Å². The first-order valence-electron chi connectivity index (χ1n) is 5.60. The highest BCUT2D eigenvalue weighted by Crippen LogP contribution is 2.33. The van der Waals surface area contributed by atoms with Gasteiger partial charge in [0.15, 0.2) is 0 Å². The van der Waals surface area contributed by atoms with Gasteiger partial charge in [0.05, 0.1) is 6.61 Å². The van der Waals surface area contributed by atoms with Gasteiger partial charge in [-0.1, -0.05) is 52.9 Å². The summed E-state index contributed by atoms with van der Waals surface area (Å²) in [6, 6.07) is 10.8. The molecule has 0 radical (unpaired) electrons. The van der Waals surface area contributed by atoms with Gasteiger partial charge >= 0.3 is 0 Å². The molecule has 1 aromatic carbocycles. The molecule has 0 aromatic heterocycles. The fraction of sp³-hybridized carbons (Fsp3) is 0.538. The molecule has 2 atom stereocenters. The first kappa shape index (κ1) is 11.4. The number of hydrogen-bond donors (Lipinski definition) is 0. The van der Waals surface area contributed by atoms with E-state index in [1.807, 2.05) is 0 Å². The van der Waals surface area contributed by atoms with Crippen LogP contribution < -0.4 is 0 Å². The lowest BCUT2D eigenvalue weighted by molar-refractivity contribution is 0.0462. The molecule has 2 unspecified atom stereocenters. The Morgan fingerprint density at radius 2 is 2.07 bits per heavy atom. The predicted octanol–water partition coefficient (Wildman–Crippen LogP) is 3.63. The van der Waals surface area contributed by atoms with E-state index < -0.39 is 0 Å². The minimum Gasteiger partial charge on any atom is -0.381 e. The van der Waals surface area contributed by atoms with Crippen molar-refractivity contribution in [3.63, 3.8) is 0 Å². The molecule has 15 heavy (non-hydrogen) atoms. The van der Waals surface area contributed by atoms with E-state index in [0.717, 1.165) is 19.1 Å². The van der Waals surface area contributed by atoms with Crippen LogP contribution in [0.3, 0.4) is 0 Å². The smallest absolute Gasteiger partial charge is 0.0537 e. The summed E-state index contributed by atoms with van der Waals surface area (Å²) >= 11 is 2.48. The third-order valence-electron chi connectivity index (χ3n) is 3.21. The minimum absolute atomic E-state index is 0.620. The molecule has 0 N–H and O–H groups in total. The van der Waals surface area contributed by atoms with Crippen LogP contribution >= 0.6 is 22.6 Å². The van der Waals surface area contributed by atoms with E-state index in [1.165, 1.54) is 22.8 Å². The van der Waals surface area contributed by atoms with Crippen molar-refractivity contribution in [1.82, 2.24) is 0 Å². The normalized spacial score (nSPS) is 26.5. The van der Waals surface area contributed by atoms with E-state index in [2.05, 4.69) is 52.9 Å². The number of hydrogen-bond acceptors (Lipinski definition) is 1. The molecule has 1 fully saturated rings. The third-order valence-corrected chi connectivity index (χ3v) is 3.83. The Kier molecular flexibility index (Phi) is 4.44. The molecule has 0 spiro atoms. The second-order valence-electron chi connectivity index (χ2n) is 4.12. The van der Waals surface area contributed by atoms with Crippen molar-refractivity contribution in [2.75, 3.05) is 17.6 Å². The largest absolute Gasteiger partial charge is 0.381 e. The Labute approximate surface area is 105 Å². The summed E-state index contributed by atoms with van der Waals surface area (Å²) in [5.74, 6) is 1.44. The SMILES string of the molecule is ICCC1CCOCC1c1ccccc1. The van der Waals surface area contributed by atoms with Crippen LogP contribution in [0, 0.1) is 5.92 Å². The molecule has 0 aliphatic carbocycles. The van der Waals surface area contributed by atoms with E-state index >= 15 is 0 Å². The van der Waals surface area contributed by atoms with Crippen molar-refractivity contribution in [1.29, 1.82) is 0 Å². The molecular weight excluding hydrogens is 299 g/mol. The van der Waals surface area contributed by atoms with Crippen LogP contribution in [0.2, 0.25) is 0 Å². The topological polar surface area (TPSA) is 9.23 Å². The molecule has 1 nitrogen and oxygen atoms in total. The standard InChI is InChI=1S/C13H17IO/c14-8-6-12-7-9-15-10-13(12)11-4-2-1-3-5-11/h1-5,12-13H,6-10H2. The quantitative estimate of drug-likeness (QED) is 0.611. The van der Waals surface area contributed by atoms with Gasteiger partial charge in [-0.05, 0) is 28.8 Å². The van der Waals surface area contributed by atoms with Gasteiger partial charge in [-0.25, -0.2) is 0 Å². The van der Waals surface area contributed by atoms with E-state index in [0.29, 0.717) is 5.92 Å². The van der Waals surface area contributed by atoms with Crippen LogP contribution in [-0.4, -0.2) is 17.6 Å². The van der Waals surface area contributed by atoms with Gasteiger partial charge in [-0.2, -0.15) is 0 Å². The lowest BCUT2D eigenvalue weighted by atomic mass is 9.82. The first-order chi connectivity index (χ1) is 7.42. The van der Waals surface area contributed by atoms with Gasteiger partial charge in [-0.3, -0.25) is 0 Å². The van der Waals surface area contributed by atoms with Crippen LogP contribution in [0.25, 0.3) is 0 Å². The summed E-state index contributed by atoms with van der Waals surface area (Å²) in [4.78, 5) is 0. The minimum atomic E-state index is 0.620. The van der Waals surface area contributed by atoms with Crippen LogP contribution in [0.4, 0.5) is 0 Å². The Morgan fingerprint density at radius 3 is 2.80 bits per heavy atom. The maximum atomic E-state index is 5.61. The summed E-state index contributed by atoms with van der Waals surface area (Å²) in [6.45, 7) is 1.86. The van der Waals surface area contributed by atoms with Crippen molar-refractivity contribution in [2.24, 2.45) is 5.92 Å². The summed E-state index contributed by atoms with van der Waals surface area (Å²) in [7, 11) is 0. The molecule has 0 amide bonds. The third kappa shape index (κ3) is 2.94. The van der Waals surface area contributed by atoms with Gasteiger partial charge < -0.3 is 4.74 Å². The van der Waals surface area contributed by atoms with Crippen LogP contribution in [0.1, 0.15) is 24.3 Å². The summed E-state index contributed by atoms with van der Waals surface area (Å²) < 4.78 is 6.87. The van der Waals surface area contributed by atoms with Gasteiger partial charge in [-0.15, -0.1) is 0 Å². The second-order valence-corrected chi connectivity index (χ2v) is 5.20. The zero-order valence-electron chi connectivity index (χ0n) is 8.86. The number of halogens is 1. The molecular formula is C13H17IO. The maximum Gasteiger partial charge on any atom is 0.0537 e. The highest BCUT2D eigenvalue weighted by atomic mass is 127. The molecule has 1 heterocycles. The molecule has 0 bridgehead atoms. The lowest BCUT2D eigenvalue weighted by Crippen LogP contribution is -2.26. The lowest BCUT2D eigenvalue weighted by Gasteiger charge is -2.31. The number of benzene rings is 1. The van der Waals surface area contributed by atoms with Gasteiger partial charge in [0.1, 0.15) is 0 Å². The highest BCUT2D eigenvalue weighted by molar-refractivity contribution is 14.1. The monoisotopic (exact) mass is 316 g/mol. The highest BCUT2D eigenvalue weighted by Gasteiger charge is 2.26. The summed E-state index contributed by atoms with van der Waals surface area (Å²) in [6.07, 6.45) is 2.55. The second kappa shape index (κ2) is 5.85. The van der Waals surface area contributed by atoms with Crippen molar-refractivity contribution in [3.8, 4) is 0 Å². The Hall–Kier alpha value is -0.0900. The fourth-order valence-corrected chi connectivity index (χ4v) is 3.14. The van der Waals surface area contributed by atoms with Gasteiger partial charge in [0, 0.05) is 12.5 Å². The molecule has 1 aromatic rings. The van der Waals surface area contributed by atoms with E-state index in [4.69, 9.17) is 4.74 Å². The summed E-state index contributed by atoms with van der Waals surface area (Å²) in [5, 5.41) is 0. The van der Waals surface area contributed by atoms with Crippen molar-refractivity contribution >= 4 is 22.6 Å². The predicted molar refractivity (Wildman–Crippen MR) is 71.6 cm³/mol. The molecule has 0 saturated carbocycles. The Morgan fingerprint density at radius 1 is 1.27 bits per heavy atom.